The van der Waals surface area contributed by atoms with E-state index in [-0.39, 0.29) is 6.10 Å². The number of aliphatic hydroxyl groups excluding tert-OH is 1. The van der Waals surface area contributed by atoms with E-state index in [1.54, 1.807) is 7.05 Å². The van der Waals surface area contributed by atoms with Crippen LogP contribution in [0.4, 0.5) is 11.8 Å². The van der Waals surface area contributed by atoms with Crippen LogP contribution < -0.4 is 10.6 Å². The second kappa shape index (κ2) is 5.31. The molecule has 5 heteroatoms. The molecule has 0 spiro atoms. The average Bonchev–Trinajstić information content (AvgIpc) is 2.71. The molecule has 1 aliphatic rings. The first-order chi connectivity index (χ1) is 8.19. The molecule has 0 aliphatic heterocycles. The standard InChI is InChI=1S/C12H20N4O/c1-8-6-11(16-12(13-2)15-8)14-7-9-4-3-5-10(9)17/h6,9-10,17H,3-5,7H2,1-2H3,(H2,13,14,15,16). The Morgan fingerprint density at radius 2 is 2.24 bits per heavy atom. The van der Waals surface area contributed by atoms with Gasteiger partial charge in [0.25, 0.3) is 0 Å². The van der Waals surface area contributed by atoms with Crippen molar-refractivity contribution in [2.45, 2.75) is 32.3 Å². The zero-order valence-corrected chi connectivity index (χ0v) is 10.4. The van der Waals surface area contributed by atoms with Crippen LogP contribution in [0.3, 0.4) is 0 Å². The number of aliphatic hydroxyl groups is 1. The molecule has 0 amide bonds. The Labute approximate surface area is 102 Å². The fraction of sp³-hybridized carbons (Fsp3) is 0.667. The molecule has 2 atom stereocenters. The Balaban J connectivity index is 1.96. The van der Waals surface area contributed by atoms with Crippen LogP contribution in [0, 0.1) is 12.8 Å². The van der Waals surface area contributed by atoms with Gasteiger partial charge in [-0.25, -0.2) is 4.98 Å². The summed E-state index contributed by atoms with van der Waals surface area (Å²) < 4.78 is 0. The lowest BCUT2D eigenvalue weighted by Crippen LogP contribution is -2.22. The molecule has 0 bridgehead atoms. The van der Waals surface area contributed by atoms with E-state index in [4.69, 9.17) is 0 Å². The Kier molecular flexibility index (Phi) is 3.78. The number of hydrogen-bond acceptors (Lipinski definition) is 5. The minimum atomic E-state index is -0.158. The van der Waals surface area contributed by atoms with Gasteiger partial charge in [0, 0.05) is 31.3 Å². The van der Waals surface area contributed by atoms with Gasteiger partial charge in [0.1, 0.15) is 5.82 Å². The molecule has 0 saturated heterocycles. The summed E-state index contributed by atoms with van der Waals surface area (Å²) in [5.74, 6) is 1.80. The number of aryl methyl sites for hydroxylation is 1. The molecule has 0 radical (unpaired) electrons. The van der Waals surface area contributed by atoms with Gasteiger partial charge in [-0.1, -0.05) is 6.42 Å². The summed E-state index contributed by atoms with van der Waals surface area (Å²) in [5.41, 5.74) is 0.929. The van der Waals surface area contributed by atoms with Crippen molar-refractivity contribution >= 4 is 11.8 Å². The van der Waals surface area contributed by atoms with Crippen molar-refractivity contribution < 1.29 is 5.11 Å². The highest BCUT2D eigenvalue weighted by Crippen LogP contribution is 2.25. The number of anilines is 2. The van der Waals surface area contributed by atoms with E-state index < -0.39 is 0 Å². The smallest absolute Gasteiger partial charge is 0.224 e. The Morgan fingerprint density at radius 1 is 1.41 bits per heavy atom. The largest absolute Gasteiger partial charge is 0.393 e. The van der Waals surface area contributed by atoms with Crippen LogP contribution in [0.25, 0.3) is 0 Å². The van der Waals surface area contributed by atoms with Crippen LogP contribution >= 0.6 is 0 Å². The normalized spacial score (nSPS) is 23.7. The molecule has 1 fully saturated rings. The fourth-order valence-corrected chi connectivity index (χ4v) is 2.26. The molecule has 1 aliphatic carbocycles. The molecule has 1 aromatic heterocycles. The van der Waals surface area contributed by atoms with Crippen molar-refractivity contribution in [2.75, 3.05) is 24.2 Å². The van der Waals surface area contributed by atoms with Gasteiger partial charge in [-0.05, 0) is 19.8 Å². The molecule has 5 nitrogen and oxygen atoms in total. The number of hydrogen-bond donors (Lipinski definition) is 3. The minimum absolute atomic E-state index is 0.158. The summed E-state index contributed by atoms with van der Waals surface area (Å²) >= 11 is 0. The predicted molar refractivity (Wildman–Crippen MR) is 68.2 cm³/mol. The quantitative estimate of drug-likeness (QED) is 0.737. The molecule has 0 aromatic carbocycles. The van der Waals surface area contributed by atoms with Crippen LogP contribution in [0.15, 0.2) is 6.07 Å². The third-order valence-electron chi connectivity index (χ3n) is 3.24. The van der Waals surface area contributed by atoms with E-state index in [9.17, 15) is 5.11 Å². The fourth-order valence-electron chi connectivity index (χ4n) is 2.26. The molecule has 17 heavy (non-hydrogen) atoms. The summed E-state index contributed by atoms with van der Waals surface area (Å²) in [4.78, 5) is 8.56. The molecule has 1 heterocycles. The maximum atomic E-state index is 9.74. The van der Waals surface area contributed by atoms with Gasteiger partial charge < -0.3 is 15.7 Å². The number of nitrogens with zero attached hydrogens (tertiary/aromatic N) is 2. The van der Waals surface area contributed by atoms with Crippen molar-refractivity contribution in [3.63, 3.8) is 0 Å². The summed E-state index contributed by atoms with van der Waals surface area (Å²) in [5, 5.41) is 16.0. The predicted octanol–water partition coefficient (Wildman–Crippen LogP) is 1.40. The van der Waals surface area contributed by atoms with Gasteiger partial charge >= 0.3 is 0 Å². The summed E-state index contributed by atoms with van der Waals surface area (Å²) in [6.45, 7) is 2.72. The van der Waals surface area contributed by atoms with Gasteiger partial charge in [0.05, 0.1) is 6.10 Å². The molecule has 1 saturated carbocycles. The maximum absolute atomic E-state index is 9.74. The first kappa shape index (κ1) is 12.1. The van der Waals surface area contributed by atoms with Crippen molar-refractivity contribution in [3.05, 3.63) is 11.8 Å². The summed E-state index contributed by atoms with van der Waals surface area (Å²) in [7, 11) is 1.80. The first-order valence-electron chi connectivity index (χ1n) is 6.14. The monoisotopic (exact) mass is 236 g/mol. The molecular formula is C12H20N4O. The van der Waals surface area contributed by atoms with E-state index in [1.165, 1.54) is 0 Å². The molecular weight excluding hydrogens is 216 g/mol. The molecule has 3 N–H and O–H groups in total. The lowest BCUT2D eigenvalue weighted by molar-refractivity contribution is 0.138. The minimum Gasteiger partial charge on any atom is -0.393 e. The van der Waals surface area contributed by atoms with Crippen LogP contribution in [-0.4, -0.2) is 34.8 Å². The first-order valence-corrected chi connectivity index (χ1v) is 6.14. The summed E-state index contributed by atoms with van der Waals surface area (Å²) in [6.07, 6.45) is 2.99. The third kappa shape index (κ3) is 3.06. The summed E-state index contributed by atoms with van der Waals surface area (Å²) in [6, 6.07) is 1.92. The maximum Gasteiger partial charge on any atom is 0.224 e. The van der Waals surface area contributed by atoms with Crippen LogP contribution in [0.1, 0.15) is 25.0 Å². The van der Waals surface area contributed by atoms with E-state index >= 15 is 0 Å². The second-order valence-corrected chi connectivity index (χ2v) is 4.61. The SMILES string of the molecule is CNc1nc(C)cc(NCC2CCCC2O)n1. The van der Waals surface area contributed by atoms with Crippen molar-refractivity contribution in [1.29, 1.82) is 0 Å². The number of aromatic nitrogens is 2. The molecule has 2 rings (SSSR count). The van der Waals surface area contributed by atoms with Gasteiger partial charge in [-0.2, -0.15) is 4.98 Å². The van der Waals surface area contributed by atoms with E-state index in [2.05, 4.69) is 20.6 Å². The second-order valence-electron chi connectivity index (χ2n) is 4.61. The Morgan fingerprint density at radius 3 is 2.88 bits per heavy atom. The van der Waals surface area contributed by atoms with Gasteiger partial charge in [0.2, 0.25) is 5.95 Å². The van der Waals surface area contributed by atoms with E-state index in [0.717, 1.165) is 37.3 Å². The third-order valence-corrected chi connectivity index (χ3v) is 3.24. The number of rotatable bonds is 4. The zero-order valence-electron chi connectivity index (χ0n) is 10.4. The Hall–Kier alpha value is -1.36. The Bertz CT molecular complexity index is 383. The van der Waals surface area contributed by atoms with Crippen LogP contribution in [0.2, 0.25) is 0 Å². The van der Waals surface area contributed by atoms with Crippen LogP contribution in [-0.2, 0) is 0 Å². The topological polar surface area (TPSA) is 70.1 Å². The van der Waals surface area contributed by atoms with E-state index in [0.29, 0.717) is 11.9 Å². The van der Waals surface area contributed by atoms with Crippen molar-refractivity contribution in [1.82, 2.24) is 9.97 Å². The highest BCUT2D eigenvalue weighted by molar-refractivity contribution is 5.41. The molecule has 94 valence electrons. The van der Waals surface area contributed by atoms with Gasteiger partial charge in [-0.3, -0.25) is 0 Å². The zero-order chi connectivity index (χ0) is 12.3. The number of nitrogens with one attached hydrogen (secondary N) is 2. The lowest BCUT2D eigenvalue weighted by Gasteiger charge is -2.15. The van der Waals surface area contributed by atoms with Crippen molar-refractivity contribution in [2.24, 2.45) is 5.92 Å². The van der Waals surface area contributed by atoms with Crippen molar-refractivity contribution in [3.8, 4) is 0 Å². The highest BCUT2D eigenvalue weighted by Gasteiger charge is 2.24. The highest BCUT2D eigenvalue weighted by atomic mass is 16.3. The van der Waals surface area contributed by atoms with E-state index in [1.807, 2.05) is 13.0 Å². The van der Waals surface area contributed by atoms with Crippen LogP contribution in [0.5, 0.6) is 0 Å². The molecule has 1 aromatic rings. The lowest BCUT2D eigenvalue weighted by atomic mass is 10.1. The van der Waals surface area contributed by atoms with Gasteiger partial charge in [-0.15, -0.1) is 0 Å². The average molecular weight is 236 g/mol. The van der Waals surface area contributed by atoms with Gasteiger partial charge in [0.15, 0.2) is 0 Å². The molecule has 2 unspecified atom stereocenters.